The number of methoxy groups -OCH3 is 1. The number of nitrogens with zero attached hydrogens (tertiary/aromatic N) is 1. The smallest absolute Gasteiger partial charge is 0.311 e. The predicted octanol–water partition coefficient (Wildman–Crippen LogP) is 2.00. The summed E-state index contributed by atoms with van der Waals surface area (Å²) in [5.74, 6) is 0.230. The molecule has 1 rings (SSSR count). The Balaban J connectivity index is 0.00000225. The molecule has 0 saturated carbocycles. The Morgan fingerprint density at radius 3 is 2.69 bits per heavy atom. The van der Waals surface area contributed by atoms with Crippen LogP contribution in [0.1, 0.15) is 5.56 Å². The lowest BCUT2D eigenvalue weighted by Crippen LogP contribution is -2.02. The van der Waals surface area contributed by atoms with Crippen LogP contribution in [0.3, 0.4) is 0 Å². The largest absolute Gasteiger partial charge is 0.490 e. The van der Waals surface area contributed by atoms with Crippen LogP contribution in [-0.2, 0) is 0 Å². The van der Waals surface area contributed by atoms with Crippen molar-refractivity contribution in [2.75, 3.05) is 13.7 Å². The van der Waals surface area contributed by atoms with Gasteiger partial charge < -0.3 is 10.5 Å². The Kier molecular flexibility index (Phi) is 5.49. The molecule has 0 heterocycles. The van der Waals surface area contributed by atoms with Gasteiger partial charge in [-0.3, -0.25) is 10.1 Å². The second-order valence-electron chi connectivity index (χ2n) is 2.95. The van der Waals surface area contributed by atoms with Crippen LogP contribution in [0.4, 0.5) is 5.69 Å². The molecule has 0 spiro atoms. The van der Waals surface area contributed by atoms with E-state index in [-0.39, 0.29) is 30.4 Å². The van der Waals surface area contributed by atoms with Gasteiger partial charge in [0.15, 0.2) is 5.75 Å². The van der Waals surface area contributed by atoms with Crippen molar-refractivity contribution in [3.8, 4) is 5.75 Å². The van der Waals surface area contributed by atoms with E-state index in [9.17, 15) is 10.1 Å². The van der Waals surface area contributed by atoms with Gasteiger partial charge in [0.1, 0.15) is 0 Å². The summed E-state index contributed by atoms with van der Waals surface area (Å²) in [5, 5.41) is 10.7. The topological polar surface area (TPSA) is 78.4 Å². The van der Waals surface area contributed by atoms with Crippen LogP contribution in [-0.4, -0.2) is 18.6 Å². The fraction of sp³-hybridized carbons (Fsp3) is 0.200. The minimum Gasteiger partial charge on any atom is -0.490 e. The maximum absolute atomic E-state index is 10.7. The average molecular weight is 245 g/mol. The van der Waals surface area contributed by atoms with Gasteiger partial charge in [-0.05, 0) is 17.2 Å². The van der Waals surface area contributed by atoms with Gasteiger partial charge in [0.2, 0.25) is 0 Å². The number of hydrogen-bond donors (Lipinski definition) is 1. The Hall–Kier alpha value is -1.59. The Bertz CT molecular complexity index is 407. The Labute approximate surface area is 99.5 Å². The first kappa shape index (κ1) is 14.4. The van der Waals surface area contributed by atoms with Gasteiger partial charge in [0.25, 0.3) is 0 Å². The van der Waals surface area contributed by atoms with Crippen molar-refractivity contribution in [3.63, 3.8) is 0 Å². The van der Waals surface area contributed by atoms with Crippen molar-refractivity contribution >= 4 is 23.7 Å². The lowest BCUT2D eigenvalue weighted by molar-refractivity contribution is -0.385. The molecule has 0 saturated heterocycles. The highest BCUT2D eigenvalue weighted by Gasteiger charge is 2.15. The molecule has 0 amide bonds. The molecule has 0 unspecified atom stereocenters. The first-order chi connectivity index (χ1) is 7.10. The van der Waals surface area contributed by atoms with E-state index >= 15 is 0 Å². The lowest BCUT2D eigenvalue weighted by atomic mass is 10.1. The standard InChI is InChI=1S/C10H12N2O3.ClH/c1-7(6-11)8-3-4-10(15-2)9(5-8)12(13)14;/h3-5H,1,6,11H2,2H3;1H. The van der Waals surface area contributed by atoms with Gasteiger partial charge in [-0.15, -0.1) is 12.4 Å². The van der Waals surface area contributed by atoms with E-state index in [1.807, 2.05) is 0 Å². The van der Waals surface area contributed by atoms with E-state index in [2.05, 4.69) is 6.58 Å². The van der Waals surface area contributed by atoms with Crippen LogP contribution in [0.5, 0.6) is 5.75 Å². The van der Waals surface area contributed by atoms with Gasteiger partial charge >= 0.3 is 5.69 Å². The number of rotatable bonds is 4. The highest BCUT2D eigenvalue weighted by atomic mass is 35.5. The van der Waals surface area contributed by atoms with Crippen LogP contribution < -0.4 is 10.5 Å². The molecule has 5 nitrogen and oxygen atoms in total. The molecule has 1 aromatic carbocycles. The number of nitrogens with two attached hydrogens (primary N) is 1. The summed E-state index contributed by atoms with van der Waals surface area (Å²) >= 11 is 0. The summed E-state index contributed by atoms with van der Waals surface area (Å²) in [6.07, 6.45) is 0. The van der Waals surface area contributed by atoms with Crippen LogP contribution in [0.25, 0.3) is 5.57 Å². The number of halogens is 1. The predicted molar refractivity (Wildman–Crippen MR) is 65.0 cm³/mol. The summed E-state index contributed by atoms with van der Waals surface area (Å²) in [6.45, 7) is 3.98. The highest BCUT2D eigenvalue weighted by Crippen LogP contribution is 2.29. The summed E-state index contributed by atoms with van der Waals surface area (Å²) in [7, 11) is 1.39. The van der Waals surface area contributed by atoms with E-state index in [0.717, 1.165) is 0 Å². The third kappa shape index (κ3) is 2.95. The number of nitro benzene ring substituents is 1. The Morgan fingerprint density at radius 1 is 1.62 bits per heavy atom. The second kappa shape index (κ2) is 6.09. The van der Waals surface area contributed by atoms with Crippen LogP contribution in [0.15, 0.2) is 24.8 Å². The summed E-state index contributed by atoms with van der Waals surface area (Å²) in [5.41, 5.74) is 6.63. The molecular weight excluding hydrogens is 232 g/mol. The normalized spacial score (nSPS) is 9.12. The molecule has 0 bridgehead atoms. The van der Waals surface area contributed by atoms with Crippen molar-refractivity contribution in [2.24, 2.45) is 5.73 Å². The molecule has 0 fully saturated rings. The third-order valence-electron chi connectivity index (χ3n) is 2.03. The fourth-order valence-corrected chi connectivity index (χ4v) is 1.17. The van der Waals surface area contributed by atoms with Gasteiger partial charge in [-0.25, -0.2) is 0 Å². The highest BCUT2D eigenvalue weighted by molar-refractivity contribution is 5.85. The molecule has 16 heavy (non-hydrogen) atoms. The second-order valence-corrected chi connectivity index (χ2v) is 2.95. The van der Waals surface area contributed by atoms with E-state index in [1.54, 1.807) is 6.07 Å². The quantitative estimate of drug-likeness (QED) is 0.649. The van der Waals surface area contributed by atoms with Crippen molar-refractivity contribution in [2.45, 2.75) is 0 Å². The fourth-order valence-electron chi connectivity index (χ4n) is 1.17. The van der Waals surface area contributed by atoms with Crippen LogP contribution in [0.2, 0.25) is 0 Å². The SMILES string of the molecule is C=C(CN)c1ccc(OC)c([N+](=O)[O-])c1.Cl. The zero-order valence-electron chi connectivity index (χ0n) is 8.80. The molecule has 2 N–H and O–H groups in total. The third-order valence-corrected chi connectivity index (χ3v) is 2.03. The van der Waals surface area contributed by atoms with Crippen molar-refractivity contribution in [1.29, 1.82) is 0 Å². The summed E-state index contributed by atoms with van der Waals surface area (Å²) in [4.78, 5) is 10.2. The number of benzene rings is 1. The Morgan fingerprint density at radius 2 is 2.25 bits per heavy atom. The van der Waals surface area contributed by atoms with Gasteiger partial charge in [-0.1, -0.05) is 12.6 Å². The van der Waals surface area contributed by atoms with Crippen LogP contribution >= 0.6 is 12.4 Å². The van der Waals surface area contributed by atoms with E-state index in [1.165, 1.54) is 19.2 Å². The molecule has 0 aromatic heterocycles. The van der Waals surface area contributed by atoms with E-state index in [0.29, 0.717) is 11.1 Å². The molecule has 0 radical (unpaired) electrons. The van der Waals surface area contributed by atoms with Gasteiger partial charge in [0.05, 0.1) is 12.0 Å². The maximum atomic E-state index is 10.7. The van der Waals surface area contributed by atoms with E-state index < -0.39 is 4.92 Å². The van der Waals surface area contributed by atoms with Crippen LogP contribution in [0, 0.1) is 10.1 Å². The molecule has 0 aliphatic heterocycles. The average Bonchev–Trinajstić information content (AvgIpc) is 2.27. The van der Waals surface area contributed by atoms with Gasteiger partial charge in [-0.2, -0.15) is 0 Å². The van der Waals surface area contributed by atoms with Gasteiger partial charge in [0, 0.05) is 12.6 Å². The molecular formula is C10H13ClN2O3. The molecule has 6 heteroatoms. The lowest BCUT2D eigenvalue weighted by Gasteiger charge is -2.05. The number of hydrogen-bond acceptors (Lipinski definition) is 4. The zero-order valence-corrected chi connectivity index (χ0v) is 9.62. The minimum atomic E-state index is -0.494. The number of ether oxygens (including phenoxy) is 1. The van der Waals surface area contributed by atoms with Crippen molar-refractivity contribution < 1.29 is 9.66 Å². The zero-order chi connectivity index (χ0) is 11.4. The molecule has 88 valence electrons. The number of nitro groups is 1. The first-order valence-electron chi connectivity index (χ1n) is 4.30. The maximum Gasteiger partial charge on any atom is 0.311 e. The monoisotopic (exact) mass is 244 g/mol. The molecule has 0 aliphatic rings. The first-order valence-corrected chi connectivity index (χ1v) is 4.30. The van der Waals surface area contributed by atoms with Crippen molar-refractivity contribution in [1.82, 2.24) is 0 Å². The molecule has 0 aliphatic carbocycles. The molecule has 0 atom stereocenters. The van der Waals surface area contributed by atoms with Crippen molar-refractivity contribution in [3.05, 3.63) is 40.5 Å². The summed E-state index contributed by atoms with van der Waals surface area (Å²) < 4.78 is 4.87. The molecule has 1 aromatic rings. The minimum absolute atomic E-state index is 0. The summed E-state index contributed by atoms with van der Waals surface area (Å²) in [6, 6.07) is 4.64. The van der Waals surface area contributed by atoms with E-state index in [4.69, 9.17) is 10.5 Å².